The van der Waals surface area contributed by atoms with E-state index in [1.54, 1.807) is 6.92 Å². The highest BCUT2D eigenvalue weighted by Crippen LogP contribution is 2.26. The number of ether oxygens (including phenoxy) is 1. The van der Waals surface area contributed by atoms with Crippen molar-refractivity contribution >= 4 is 21.9 Å². The van der Waals surface area contributed by atoms with Gasteiger partial charge in [0.2, 0.25) is 0 Å². The normalized spacial score (nSPS) is 10.6. The smallest absolute Gasteiger partial charge is 0.310 e. The van der Waals surface area contributed by atoms with Crippen LogP contribution in [0, 0.1) is 0 Å². The first-order chi connectivity index (χ1) is 7.54. The lowest BCUT2D eigenvalue weighted by Gasteiger charge is -2.06. The summed E-state index contributed by atoms with van der Waals surface area (Å²) in [5, 5.41) is 0. The summed E-state index contributed by atoms with van der Waals surface area (Å²) in [6.45, 7) is 1.95. The molecule has 0 atom stereocenters. The van der Waals surface area contributed by atoms with Crippen LogP contribution in [0.2, 0.25) is 0 Å². The fourth-order valence-electron chi connectivity index (χ4n) is 1.14. The lowest BCUT2D eigenvalue weighted by molar-refractivity contribution is -0.142. The number of carbonyl (C=O) groups excluding carboxylic acids is 1. The van der Waals surface area contributed by atoms with Gasteiger partial charge in [0.1, 0.15) is 4.60 Å². The summed E-state index contributed by atoms with van der Waals surface area (Å²) < 4.78 is 29.8. The van der Waals surface area contributed by atoms with Gasteiger partial charge in [0, 0.05) is 6.20 Å². The van der Waals surface area contributed by atoms with Crippen molar-refractivity contribution in [1.82, 2.24) is 4.98 Å². The molecule has 1 aromatic heterocycles. The van der Waals surface area contributed by atoms with E-state index >= 15 is 0 Å². The molecule has 0 spiro atoms. The molecule has 0 saturated carbocycles. The number of alkyl halides is 2. The average Bonchev–Trinajstić information content (AvgIpc) is 2.21. The number of halogens is 3. The molecule has 1 rings (SSSR count). The van der Waals surface area contributed by atoms with Gasteiger partial charge < -0.3 is 4.74 Å². The Morgan fingerprint density at radius 2 is 2.31 bits per heavy atom. The van der Waals surface area contributed by atoms with E-state index < -0.39 is 12.4 Å². The first-order valence-electron chi connectivity index (χ1n) is 4.62. The quantitative estimate of drug-likeness (QED) is 0.633. The summed E-state index contributed by atoms with van der Waals surface area (Å²) in [4.78, 5) is 14.9. The average molecular weight is 294 g/mol. The molecule has 0 amide bonds. The van der Waals surface area contributed by atoms with Crippen LogP contribution in [0.1, 0.15) is 24.5 Å². The van der Waals surface area contributed by atoms with Gasteiger partial charge in [0.25, 0.3) is 6.43 Å². The number of carbonyl (C=O) groups is 1. The molecule has 1 heterocycles. The van der Waals surface area contributed by atoms with Gasteiger partial charge >= 0.3 is 5.97 Å². The summed E-state index contributed by atoms with van der Waals surface area (Å²) in [6.07, 6.45) is -1.30. The summed E-state index contributed by atoms with van der Waals surface area (Å²) in [5.74, 6) is -0.452. The van der Waals surface area contributed by atoms with E-state index in [-0.39, 0.29) is 23.2 Å². The molecule has 1 aromatic rings. The van der Waals surface area contributed by atoms with Gasteiger partial charge in [-0.25, -0.2) is 13.8 Å². The van der Waals surface area contributed by atoms with Crippen molar-refractivity contribution in [3.8, 4) is 0 Å². The van der Waals surface area contributed by atoms with Crippen molar-refractivity contribution in [2.45, 2.75) is 19.8 Å². The van der Waals surface area contributed by atoms with Gasteiger partial charge in [0.15, 0.2) is 0 Å². The summed E-state index contributed by atoms with van der Waals surface area (Å²) in [6, 6.07) is 1.25. The molecule has 0 N–H and O–H groups in total. The van der Waals surface area contributed by atoms with Gasteiger partial charge in [-0.3, -0.25) is 4.79 Å². The molecule has 3 nitrogen and oxygen atoms in total. The van der Waals surface area contributed by atoms with E-state index in [0.29, 0.717) is 5.56 Å². The summed E-state index contributed by atoms with van der Waals surface area (Å²) in [7, 11) is 0. The van der Waals surface area contributed by atoms with Crippen molar-refractivity contribution in [3.05, 3.63) is 28.0 Å². The van der Waals surface area contributed by atoms with Gasteiger partial charge in [-0.1, -0.05) is 0 Å². The third-order valence-electron chi connectivity index (χ3n) is 1.81. The first kappa shape index (κ1) is 13.0. The molecule has 0 fully saturated rings. The second-order valence-corrected chi connectivity index (χ2v) is 3.76. The maximum atomic E-state index is 12.5. The second kappa shape index (κ2) is 5.89. The van der Waals surface area contributed by atoms with Crippen LogP contribution >= 0.6 is 15.9 Å². The Hall–Kier alpha value is -1.04. The topological polar surface area (TPSA) is 39.2 Å². The molecule has 0 aliphatic heterocycles. The minimum absolute atomic E-state index is 0.0478. The number of hydrogen-bond donors (Lipinski definition) is 0. The van der Waals surface area contributed by atoms with Gasteiger partial charge in [-0.15, -0.1) is 0 Å². The van der Waals surface area contributed by atoms with Crippen LogP contribution in [0.5, 0.6) is 0 Å². The van der Waals surface area contributed by atoms with Gasteiger partial charge in [-0.2, -0.15) is 0 Å². The van der Waals surface area contributed by atoms with Crippen molar-refractivity contribution in [1.29, 1.82) is 0 Å². The Morgan fingerprint density at radius 3 is 2.88 bits per heavy atom. The highest BCUT2D eigenvalue weighted by atomic mass is 79.9. The van der Waals surface area contributed by atoms with Crippen LogP contribution in [0.25, 0.3) is 0 Å². The molecular weight excluding hydrogens is 284 g/mol. The minimum atomic E-state index is -2.62. The van der Waals surface area contributed by atoms with Gasteiger partial charge in [-0.05, 0) is 34.5 Å². The highest BCUT2D eigenvalue weighted by Gasteiger charge is 2.14. The number of aromatic nitrogens is 1. The number of rotatable bonds is 4. The van der Waals surface area contributed by atoms with Crippen molar-refractivity contribution in [2.24, 2.45) is 0 Å². The predicted molar refractivity (Wildman–Crippen MR) is 57.2 cm³/mol. The SMILES string of the molecule is CCOC(=O)Cc1cnc(Br)c(C(F)F)c1. The Labute approximate surface area is 99.9 Å². The van der Waals surface area contributed by atoms with Gasteiger partial charge in [0.05, 0.1) is 18.6 Å². The number of hydrogen-bond acceptors (Lipinski definition) is 3. The fourth-order valence-corrected chi connectivity index (χ4v) is 1.53. The third-order valence-corrected chi connectivity index (χ3v) is 2.47. The lowest BCUT2D eigenvalue weighted by Crippen LogP contribution is -2.08. The molecule has 0 aliphatic rings. The standard InChI is InChI=1S/C10H10BrF2NO2/c1-2-16-8(15)4-6-3-7(10(12)13)9(11)14-5-6/h3,5,10H,2,4H2,1H3. The van der Waals surface area contributed by atoms with Crippen molar-refractivity contribution in [2.75, 3.05) is 6.61 Å². The molecular formula is C10H10BrF2NO2. The van der Waals surface area contributed by atoms with Crippen LogP contribution in [0.3, 0.4) is 0 Å². The molecule has 0 unspecified atom stereocenters. The zero-order chi connectivity index (χ0) is 12.1. The molecule has 6 heteroatoms. The predicted octanol–water partition coefficient (Wildman–Crippen LogP) is 2.89. The zero-order valence-corrected chi connectivity index (χ0v) is 10.1. The Kier molecular flexibility index (Phi) is 4.79. The molecule has 0 aromatic carbocycles. The molecule has 16 heavy (non-hydrogen) atoms. The summed E-state index contributed by atoms with van der Waals surface area (Å²) >= 11 is 2.92. The Morgan fingerprint density at radius 1 is 1.62 bits per heavy atom. The minimum Gasteiger partial charge on any atom is -0.466 e. The maximum Gasteiger partial charge on any atom is 0.310 e. The monoisotopic (exact) mass is 293 g/mol. The molecule has 0 aliphatic carbocycles. The largest absolute Gasteiger partial charge is 0.466 e. The Bertz CT molecular complexity index is 385. The molecule has 0 saturated heterocycles. The van der Waals surface area contributed by atoms with E-state index in [1.807, 2.05) is 0 Å². The van der Waals surface area contributed by atoms with E-state index in [0.717, 1.165) is 0 Å². The molecule has 0 bridgehead atoms. The van der Waals surface area contributed by atoms with Crippen LogP contribution in [-0.4, -0.2) is 17.6 Å². The second-order valence-electron chi connectivity index (χ2n) is 3.01. The van der Waals surface area contributed by atoms with E-state index in [2.05, 4.69) is 20.9 Å². The lowest BCUT2D eigenvalue weighted by atomic mass is 10.1. The van der Waals surface area contributed by atoms with Crippen molar-refractivity contribution < 1.29 is 18.3 Å². The highest BCUT2D eigenvalue weighted by molar-refractivity contribution is 9.10. The number of nitrogens with zero attached hydrogens (tertiary/aromatic N) is 1. The van der Waals surface area contributed by atoms with Crippen LogP contribution in [0.15, 0.2) is 16.9 Å². The fraction of sp³-hybridized carbons (Fsp3) is 0.400. The van der Waals surface area contributed by atoms with E-state index in [4.69, 9.17) is 4.74 Å². The number of esters is 1. The van der Waals surface area contributed by atoms with Crippen LogP contribution in [0.4, 0.5) is 8.78 Å². The molecule has 88 valence electrons. The Balaban J connectivity index is 2.82. The van der Waals surface area contributed by atoms with E-state index in [1.165, 1.54) is 12.3 Å². The van der Waals surface area contributed by atoms with E-state index in [9.17, 15) is 13.6 Å². The maximum absolute atomic E-state index is 12.5. The van der Waals surface area contributed by atoms with Crippen molar-refractivity contribution in [3.63, 3.8) is 0 Å². The first-order valence-corrected chi connectivity index (χ1v) is 5.42. The van der Waals surface area contributed by atoms with Crippen LogP contribution < -0.4 is 0 Å². The zero-order valence-electron chi connectivity index (χ0n) is 8.54. The summed E-state index contributed by atoms with van der Waals surface area (Å²) in [5.41, 5.74) is 0.193. The van der Waals surface area contributed by atoms with Crippen LogP contribution in [-0.2, 0) is 16.0 Å². The third kappa shape index (κ3) is 3.52. The number of pyridine rings is 1. The molecule has 0 radical (unpaired) electrons.